The molecule has 0 atom stereocenters. The number of sulfonamides is 2. The van der Waals surface area contributed by atoms with Crippen LogP contribution in [0, 0.1) is 0 Å². The van der Waals surface area contributed by atoms with Gasteiger partial charge in [0.05, 0.1) is 41.2 Å². The Morgan fingerprint density at radius 1 is 0.963 bits per heavy atom. The highest BCUT2D eigenvalue weighted by molar-refractivity contribution is 7.92. The zero-order valence-corrected chi connectivity index (χ0v) is 35.4. The number of hydrogen-bond donors (Lipinski definition) is 2. The summed E-state index contributed by atoms with van der Waals surface area (Å²) < 4.78 is 70.2. The highest BCUT2D eigenvalue weighted by atomic mass is 32.2. The second-order valence-corrected chi connectivity index (χ2v) is 23.9. The van der Waals surface area contributed by atoms with Crippen molar-refractivity contribution in [1.29, 1.82) is 0 Å². The van der Waals surface area contributed by atoms with E-state index in [1.807, 2.05) is 13.8 Å². The number of aromatic nitrogens is 4. The Hall–Kier alpha value is -3.61. The highest BCUT2D eigenvalue weighted by Crippen LogP contribution is 2.37. The Kier molecular flexibility index (Phi) is 12.8. The van der Waals surface area contributed by atoms with Gasteiger partial charge in [0.15, 0.2) is 13.8 Å². The Morgan fingerprint density at radius 2 is 1.67 bits per heavy atom. The molecule has 0 spiro atoms. The van der Waals surface area contributed by atoms with E-state index in [9.17, 15) is 21.6 Å². The quantitative estimate of drug-likeness (QED) is 0.142. The first kappa shape index (κ1) is 41.5. The third kappa shape index (κ3) is 9.60. The number of nitrogens with one attached hydrogen (secondary N) is 2. The molecule has 5 rings (SSSR count). The summed E-state index contributed by atoms with van der Waals surface area (Å²) in [4.78, 5) is 24.0. The van der Waals surface area contributed by atoms with Gasteiger partial charge in [-0.2, -0.15) is 9.40 Å². The maximum atomic E-state index is 14.1. The number of nitrogens with zero attached hydrogens (tertiary/aromatic N) is 5. The second-order valence-electron chi connectivity index (χ2n) is 15.4. The van der Waals surface area contributed by atoms with E-state index in [4.69, 9.17) is 19.2 Å². The van der Waals surface area contributed by atoms with Gasteiger partial charge in [0.1, 0.15) is 17.1 Å². The molecule has 0 radical (unpaired) electrons. The van der Waals surface area contributed by atoms with E-state index >= 15 is 0 Å². The Balaban J connectivity index is 1.45. The van der Waals surface area contributed by atoms with Gasteiger partial charge in [-0.25, -0.2) is 21.8 Å². The number of anilines is 1. The molecule has 3 heterocycles. The lowest BCUT2D eigenvalue weighted by Gasteiger charge is -2.38. The summed E-state index contributed by atoms with van der Waals surface area (Å²) in [6, 6.07) is 11.6. The van der Waals surface area contributed by atoms with Crippen molar-refractivity contribution in [2.75, 3.05) is 56.9 Å². The van der Waals surface area contributed by atoms with E-state index in [2.05, 4.69) is 48.5 Å². The molecule has 14 nitrogen and oxygen atoms in total. The lowest BCUT2D eigenvalue weighted by Crippen LogP contribution is -2.50. The molecule has 0 amide bonds. The van der Waals surface area contributed by atoms with Crippen LogP contribution in [0.4, 0.5) is 5.69 Å². The number of fused-ring (bicyclic) bond motifs is 1. The van der Waals surface area contributed by atoms with Crippen LogP contribution in [-0.2, 0) is 37.4 Å². The van der Waals surface area contributed by atoms with Crippen molar-refractivity contribution in [2.24, 2.45) is 0 Å². The third-order valence-electron chi connectivity index (χ3n) is 10.1. The summed E-state index contributed by atoms with van der Waals surface area (Å²) in [7, 11) is -9.31. The summed E-state index contributed by atoms with van der Waals surface area (Å²) >= 11 is 0. The van der Waals surface area contributed by atoms with Crippen molar-refractivity contribution in [2.45, 2.75) is 83.5 Å². The minimum Gasteiger partial charge on any atom is -0.493 e. The SMILES string of the molecule is CCCOc1ccc(S(=O)(=O)N2CCN(CCO[Si](C)(C)C(C)(C)C)CC2)cc1-c1nc2c(CCC)nn(Cc3ccccc3NS(C)(=O)=O)c2c(=O)[nH]1. The Bertz CT molecular complexity index is 2220. The van der Waals surface area contributed by atoms with E-state index in [-0.39, 0.29) is 27.8 Å². The van der Waals surface area contributed by atoms with Crippen LogP contribution in [-0.4, -0.2) is 106 Å². The van der Waals surface area contributed by atoms with Gasteiger partial charge in [-0.15, -0.1) is 0 Å². The van der Waals surface area contributed by atoms with E-state index in [0.29, 0.717) is 79.6 Å². The minimum atomic E-state index is -3.89. The maximum Gasteiger partial charge on any atom is 0.277 e. The largest absolute Gasteiger partial charge is 0.493 e. The zero-order chi connectivity index (χ0) is 39.5. The number of H-pyrrole nitrogens is 1. The van der Waals surface area contributed by atoms with Crippen LogP contribution in [0.1, 0.15) is 58.7 Å². The van der Waals surface area contributed by atoms with Crippen molar-refractivity contribution >= 4 is 45.1 Å². The molecule has 0 bridgehead atoms. The first-order valence-corrected chi connectivity index (χ1v) is 24.8. The highest BCUT2D eigenvalue weighted by Gasteiger charge is 2.37. The number of hydrogen-bond acceptors (Lipinski definition) is 10. The van der Waals surface area contributed by atoms with Crippen molar-refractivity contribution in [1.82, 2.24) is 29.0 Å². The minimum absolute atomic E-state index is 0.0817. The van der Waals surface area contributed by atoms with Gasteiger partial charge in [0.2, 0.25) is 20.0 Å². The molecule has 17 heteroatoms. The standard InChI is InChI=1S/C37H55N7O7S2Si/c1-9-13-31-33-34(44(40-31)26-27-14-11-12-15-30(27)41-52(6,46)47)36(45)39-35(38-33)29-25-28(16-17-32(29)50-23-10-2)53(48,49)43-20-18-42(19-21-43)22-24-51-54(7,8)37(3,4)5/h11-12,14-17,25,41H,9-10,13,18-24,26H2,1-8H3,(H,38,39,45). The number of aromatic amines is 1. The fourth-order valence-corrected chi connectivity index (χ4v) is 9.18. The third-order valence-corrected chi connectivity index (χ3v) is 17.1. The molecule has 1 aliphatic heterocycles. The van der Waals surface area contributed by atoms with Gasteiger partial charge >= 0.3 is 0 Å². The summed E-state index contributed by atoms with van der Waals surface area (Å²) in [5.41, 5.74) is 2.09. The molecular weight excluding hydrogens is 747 g/mol. The number of aryl methyl sites for hydroxylation is 1. The normalized spacial score (nSPS) is 15.2. The lowest BCUT2D eigenvalue weighted by molar-refractivity contribution is 0.153. The monoisotopic (exact) mass is 801 g/mol. The van der Waals surface area contributed by atoms with Crippen LogP contribution in [0.5, 0.6) is 5.75 Å². The number of piperazine rings is 1. The molecule has 4 aromatic rings. The molecule has 1 fully saturated rings. The number of rotatable bonds is 16. The van der Waals surface area contributed by atoms with Crippen LogP contribution in [0.2, 0.25) is 18.1 Å². The molecule has 0 unspecified atom stereocenters. The maximum absolute atomic E-state index is 14.1. The van der Waals surface area contributed by atoms with Gasteiger partial charge in [0.25, 0.3) is 5.56 Å². The van der Waals surface area contributed by atoms with Gasteiger partial charge in [-0.3, -0.25) is 19.1 Å². The second kappa shape index (κ2) is 16.6. The van der Waals surface area contributed by atoms with Crippen LogP contribution in [0.3, 0.4) is 0 Å². The van der Waals surface area contributed by atoms with E-state index in [0.717, 1.165) is 25.6 Å². The Labute approximate surface area is 320 Å². The number of para-hydroxylation sites is 1. The average Bonchev–Trinajstić information content (AvgIpc) is 3.44. The molecule has 0 aliphatic carbocycles. The molecule has 1 aliphatic rings. The van der Waals surface area contributed by atoms with Crippen LogP contribution < -0.4 is 15.0 Å². The van der Waals surface area contributed by atoms with Gasteiger partial charge in [0, 0.05) is 39.3 Å². The van der Waals surface area contributed by atoms with E-state index < -0.39 is 33.9 Å². The molecule has 0 saturated carbocycles. The van der Waals surface area contributed by atoms with E-state index in [1.165, 1.54) is 15.1 Å². The number of benzene rings is 2. The van der Waals surface area contributed by atoms with Crippen LogP contribution in [0.25, 0.3) is 22.4 Å². The van der Waals surface area contributed by atoms with Gasteiger partial charge < -0.3 is 14.1 Å². The predicted molar refractivity (Wildman–Crippen MR) is 216 cm³/mol. The first-order chi connectivity index (χ1) is 25.3. The zero-order valence-electron chi connectivity index (χ0n) is 32.7. The number of ether oxygens (including phenoxy) is 1. The molecule has 1 saturated heterocycles. The fourth-order valence-electron chi connectivity index (χ4n) is 6.10. The van der Waals surface area contributed by atoms with Gasteiger partial charge in [-0.1, -0.05) is 59.2 Å². The molecular formula is C37H55N7O7S2Si. The summed E-state index contributed by atoms with van der Waals surface area (Å²) in [5, 5.41) is 4.88. The smallest absolute Gasteiger partial charge is 0.277 e. The van der Waals surface area contributed by atoms with Crippen molar-refractivity contribution in [3.05, 3.63) is 64.1 Å². The summed E-state index contributed by atoms with van der Waals surface area (Å²) in [5.74, 6) is 0.563. The van der Waals surface area contributed by atoms with Crippen molar-refractivity contribution in [3.8, 4) is 17.1 Å². The average molecular weight is 802 g/mol. The fraction of sp³-hybridized carbons (Fsp3) is 0.541. The Morgan fingerprint density at radius 3 is 2.31 bits per heavy atom. The topological polar surface area (TPSA) is 169 Å². The van der Waals surface area contributed by atoms with Gasteiger partial charge in [-0.05, 0) is 60.8 Å². The summed E-state index contributed by atoms with van der Waals surface area (Å²) in [6.07, 6.45) is 3.06. The molecule has 2 N–H and O–H groups in total. The van der Waals surface area contributed by atoms with Crippen molar-refractivity contribution in [3.63, 3.8) is 0 Å². The molecule has 2 aromatic carbocycles. The lowest BCUT2D eigenvalue weighted by atomic mass is 10.1. The molecule has 54 heavy (non-hydrogen) atoms. The van der Waals surface area contributed by atoms with Crippen LogP contribution in [0.15, 0.2) is 52.2 Å². The molecule has 2 aromatic heterocycles. The first-order valence-electron chi connectivity index (χ1n) is 18.5. The molecule has 296 valence electrons. The summed E-state index contributed by atoms with van der Waals surface area (Å²) in [6.45, 7) is 18.8. The van der Waals surface area contributed by atoms with Crippen molar-refractivity contribution < 1.29 is 26.0 Å². The predicted octanol–water partition coefficient (Wildman–Crippen LogP) is 5.28. The van der Waals surface area contributed by atoms with E-state index in [1.54, 1.807) is 36.4 Å². The van der Waals surface area contributed by atoms with Crippen LogP contribution >= 0.6 is 0 Å².